The number of hydrogen-bond donors (Lipinski definition) is 2. The second kappa shape index (κ2) is 3.98. The molecule has 2 amide bonds. The van der Waals surface area contributed by atoms with Crippen LogP contribution in [0.5, 0.6) is 0 Å². The van der Waals surface area contributed by atoms with Gasteiger partial charge in [-0.25, -0.2) is 4.79 Å². The molecule has 1 N–H and O–H groups in total. The molecule has 1 fully saturated rings. The molecule has 1 aliphatic heterocycles. The lowest BCUT2D eigenvalue weighted by atomic mass is 10.3. The Morgan fingerprint density at radius 2 is 2.40 bits per heavy atom. The highest BCUT2D eigenvalue weighted by Gasteiger charge is 2.10. The van der Waals surface area contributed by atoms with Gasteiger partial charge in [0.2, 0.25) is 0 Å². The van der Waals surface area contributed by atoms with Crippen molar-refractivity contribution in [1.29, 1.82) is 0 Å². The molecule has 3 nitrogen and oxygen atoms in total. The SMILES string of the molecule is O=C1NSCCCCN1S. The minimum absolute atomic E-state index is 0.104. The minimum Gasteiger partial charge on any atom is -0.281 e. The third-order valence-corrected chi connectivity index (χ3v) is 2.45. The van der Waals surface area contributed by atoms with Gasteiger partial charge in [-0.2, -0.15) is 0 Å². The van der Waals surface area contributed by atoms with Gasteiger partial charge in [-0.05, 0) is 24.8 Å². The van der Waals surface area contributed by atoms with Crippen molar-refractivity contribution in [2.45, 2.75) is 12.8 Å². The van der Waals surface area contributed by atoms with Crippen LogP contribution in [0.15, 0.2) is 0 Å². The van der Waals surface area contributed by atoms with Gasteiger partial charge in [0.05, 0.1) is 0 Å². The van der Waals surface area contributed by atoms with E-state index in [0.717, 1.165) is 25.1 Å². The van der Waals surface area contributed by atoms with E-state index in [0.29, 0.717) is 0 Å². The number of nitrogens with one attached hydrogen (secondary N) is 1. The number of nitrogens with zero attached hydrogens (tertiary/aromatic N) is 1. The molecule has 0 aliphatic carbocycles. The summed E-state index contributed by atoms with van der Waals surface area (Å²) in [4.78, 5) is 10.9. The van der Waals surface area contributed by atoms with Crippen LogP contribution in [0, 0.1) is 0 Å². The molecule has 5 heteroatoms. The summed E-state index contributed by atoms with van der Waals surface area (Å²) in [5.74, 6) is 1.01. The van der Waals surface area contributed by atoms with Crippen LogP contribution in [0.4, 0.5) is 4.79 Å². The minimum atomic E-state index is -0.104. The maximum atomic E-state index is 10.9. The smallest absolute Gasteiger partial charge is 0.281 e. The fourth-order valence-electron chi connectivity index (χ4n) is 0.703. The molecular weight excluding hydrogens is 168 g/mol. The van der Waals surface area contributed by atoms with Crippen LogP contribution in [-0.2, 0) is 0 Å². The van der Waals surface area contributed by atoms with Crippen molar-refractivity contribution in [2.75, 3.05) is 12.3 Å². The first-order chi connectivity index (χ1) is 4.80. The van der Waals surface area contributed by atoms with E-state index in [2.05, 4.69) is 17.5 Å². The number of amides is 2. The number of rotatable bonds is 0. The molecule has 0 aromatic carbocycles. The fourth-order valence-corrected chi connectivity index (χ4v) is 1.65. The van der Waals surface area contributed by atoms with Gasteiger partial charge in [0.25, 0.3) is 0 Å². The lowest BCUT2D eigenvalue weighted by Gasteiger charge is -2.18. The van der Waals surface area contributed by atoms with Gasteiger partial charge >= 0.3 is 6.03 Å². The molecule has 0 radical (unpaired) electrons. The van der Waals surface area contributed by atoms with E-state index in [-0.39, 0.29) is 6.03 Å². The van der Waals surface area contributed by atoms with Gasteiger partial charge in [-0.1, -0.05) is 12.8 Å². The summed E-state index contributed by atoms with van der Waals surface area (Å²) >= 11 is 5.43. The molecule has 0 unspecified atom stereocenters. The van der Waals surface area contributed by atoms with E-state index in [9.17, 15) is 4.79 Å². The van der Waals surface area contributed by atoms with Crippen LogP contribution >= 0.6 is 24.8 Å². The standard InChI is InChI=1S/C5H10N2OS2/c8-5-6-10-4-2-1-3-7(5)9/h9H,1-4H2,(H,6,8). The summed E-state index contributed by atoms with van der Waals surface area (Å²) in [5, 5.41) is 0. The Kier molecular flexibility index (Phi) is 3.21. The highest BCUT2D eigenvalue weighted by atomic mass is 32.2. The maximum absolute atomic E-state index is 10.9. The number of hydrogen-bond acceptors (Lipinski definition) is 3. The van der Waals surface area contributed by atoms with E-state index < -0.39 is 0 Å². The highest BCUT2D eigenvalue weighted by Crippen LogP contribution is 2.08. The summed E-state index contributed by atoms with van der Waals surface area (Å²) in [5.41, 5.74) is 0. The van der Waals surface area contributed by atoms with Crippen molar-refractivity contribution in [3.63, 3.8) is 0 Å². The van der Waals surface area contributed by atoms with Gasteiger partial charge < -0.3 is 0 Å². The summed E-state index contributed by atoms with van der Waals surface area (Å²) in [6, 6.07) is -0.104. The summed E-state index contributed by atoms with van der Waals surface area (Å²) < 4.78 is 4.07. The van der Waals surface area contributed by atoms with Crippen LogP contribution in [0.25, 0.3) is 0 Å². The summed E-state index contributed by atoms with van der Waals surface area (Å²) in [7, 11) is 0. The van der Waals surface area contributed by atoms with Crippen LogP contribution in [-0.4, -0.2) is 22.6 Å². The van der Waals surface area contributed by atoms with Crippen LogP contribution in [0.3, 0.4) is 0 Å². The molecule has 1 heterocycles. The topological polar surface area (TPSA) is 32.3 Å². The Morgan fingerprint density at radius 1 is 1.60 bits per heavy atom. The molecule has 10 heavy (non-hydrogen) atoms. The molecule has 0 spiro atoms. The predicted octanol–water partition coefficient (Wildman–Crippen LogP) is 1.28. The van der Waals surface area contributed by atoms with Crippen LogP contribution in [0.1, 0.15) is 12.8 Å². The summed E-state index contributed by atoms with van der Waals surface area (Å²) in [6.07, 6.45) is 2.19. The van der Waals surface area contributed by atoms with Crippen molar-refractivity contribution in [3.8, 4) is 0 Å². The van der Waals surface area contributed by atoms with Crippen molar-refractivity contribution in [3.05, 3.63) is 0 Å². The first-order valence-electron chi connectivity index (χ1n) is 3.19. The predicted molar refractivity (Wildman–Crippen MR) is 45.9 cm³/mol. The first kappa shape index (κ1) is 8.07. The quantitative estimate of drug-likeness (QED) is 0.433. The second-order valence-electron chi connectivity index (χ2n) is 2.09. The second-order valence-corrected chi connectivity index (χ2v) is 3.47. The molecule has 0 saturated carbocycles. The molecule has 58 valence electrons. The molecule has 1 rings (SSSR count). The Labute approximate surface area is 70.2 Å². The molecule has 1 saturated heterocycles. The van der Waals surface area contributed by atoms with Crippen LogP contribution in [0.2, 0.25) is 0 Å². The third-order valence-electron chi connectivity index (χ3n) is 1.26. The summed E-state index contributed by atoms with van der Waals surface area (Å²) in [6.45, 7) is 0.746. The zero-order valence-corrected chi connectivity index (χ0v) is 7.25. The fraction of sp³-hybridized carbons (Fsp3) is 0.800. The van der Waals surface area contributed by atoms with Crippen LogP contribution < -0.4 is 4.72 Å². The maximum Gasteiger partial charge on any atom is 0.337 e. The zero-order chi connectivity index (χ0) is 7.40. The molecule has 0 aromatic rings. The largest absolute Gasteiger partial charge is 0.337 e. The van der Waals surface area contributed by atoms with Gasteiger partial charge in [-0.15, -0.1) is 0 Å². The monoisotopic (exact) mass is 178 g/mol. The van der Waals surface area contributed by atoms with E-state index in [4.69, 9.17) is 0 Å². The van der Waals surface area contributed by atoms with Gasteiger partial charge in [-0.3, -0.25) is 9.03 Å². The van der Waals surface area contributed by atoms with Crippen molar-refractivity contribution in [1.82, 2.24) is 9.03 Å². The van der Waals surface area contributed by atoms with E-state index in [1.54, 1.807) is 0 Å². The molecule has 0 bridgehead atoms. The average molecular weight is 178 g/mol. The van der Waals surface area contributed by atoms with Crippen molar-refractivity contribution >= 4 is 30.8 Å². The van der Waals surface area contributed by atoms with E-state index in [1.807, 2.05) is 0 Å². The highest BCUT2D eigenvalue weighted by molar-refractivity contribution is 7.97. The van der Waals surface area contributed by atoms with Crippen molar-refractivity contribution in [2.24, 2.45) is 0 Å². The van der Waals surface area contributed by atoms with E-state index >= 15 is 0 Å². The van der Waals surface area contributed by atoms with Gasteiger partial charge in [0, 0.05) is 12.3 Å². The van der Waals surface area contributed by atoms with Gasteiger partial charge in [0.15, 0.2) is 0 Å². The molecule has 1 aliphatic rings. The molecular formula is C5H10N2OS2. The van der Waals surface area contributed by atoms with Crippen molar-refractivity contribution < 1.29 is 4.79 Å². The number of carbonyl (C=O) groups excluding carboxylic acids is 1. The van der Waals surface area contributed by atoms with E-state index in [1.165, 1.54) is 16.3 Å². The Bertz CT molecular complexity index is 131. The Hall–Kier alpha value is -0.0300. The Balaban J connectivity index is 2.35. The first-order valence-corrected chi connectivity index (χ1v) is 4.57. The third kappa shape index (κ3) is 2.30. The Morgan fingerprint density at radius 3 is 3.20 bits per heavy atom. The van der Waals surface area contributed by atoms with Gasteiger partial charge in [0.1, 0.15) is 0 Å². The number of thiol groups is 1. The lowest BCUT2D eigenvalue weighted by molar-refractivity contribution is 0.232. The normalized spacial score (nSPS) is 21.3. The lowest BCUT2D eigenvalue weighted by Crippen LogP contribution is -2.32. The molecule has 0 aromatic heterocycles. The average Bonchev–Trinajstić information content (AvgIpc) is 1.92. The number of urea groups is 1. The zero-order valence-electron chi connectivity index (χ0n) is 5.54. The number of carbonyl (C=O) groups is 1. The molecule has 0 atom stereocenters.